The zero-order chi connectivity index (χ0) is 13.5. The van der Waals surface area contributed by atoms with Crippen LogP contribution in [0.5, 0.6) is 5.75 Å². The molecule has 2 fully saturated rings. The van der Waals surface area contributed by atoms with Gasteiger partial charge in [-0.25, -0.2) is 0 Å². The predicted octanol–water partition coefficient (Wildman–Crippen LogP) is 2.64. The molecular formula is C16H21NO2. The van der Waals surface area contributed by atoms with E-state index in [-0.39, 0.29) is 16.7 Å². The Morgan fingerprint density at radius 2 is 1.79 bits per heavy atom. The highest BCUT2D eigenvalue weighted by Gasteiger charge is 2.58. The molecule has 0 saturated heterocycles. The summed E-state index contributed by atoms with van der Waals surface area (Å²) in [4.78, 5) is 12.1. The highest BCUT2D eigenvalue weighted by molar-refractivity contribution is 5.83. The van der Waals surface area contributed by atoms with Crippen LogP contribution >= 0.6 is 0 Å². The van der Waals surface area contributed by atoms with Crippen molar-refractivity contribution in [3.63, 3.8) is 0 Å². The smallest absolute Gasteiger partial charge is 0.225 e. The maximum atomic E-state index is 12.1. The fourth-order valence-corrected chi connectivity index (χ4v) is 4.12. The van der Waals surface area contributed by atoms with Crippen LogP contribution in [-0.2, 0) is 10.2 Å². The van der Waals surface area contributed by atoms with Crippen LogP contribution < -0.4 is 10.1 Å². The number of amides is 1. The van der Waals surface area contributed by atoms with E-state index >= 15 is 0 Å². The summed E-state index contributed by atoms with van der Waals surface area (Å²) >= 11 is 0. The van der Waals surface area contributed by atoms with Gasteiger partial charge in [-0.1, -0.05) is 12.1 Å². The fourth-order valence-electron chi connectivity index (χ4n) is 4.12. The zero-order valence-corrected chi connectivity index (χ0v) is 11.7. The first-order valence-corrected chi connectivity index (χ1v) is 7.01. The van der Waals surface area contributed by atoms with E-state index in [1.165, 1.54) is 5.56 Å². The van der Waals surface area contributed by atoms with Gasteiger partial charge < -0.3 is 10.1 Å². The standard InChI is InChI=1S/C16H21NO2/c1-17-14(18)16-9-7-15(11-16,8-10-16)12-3-5-13(19-2)6-4-12/h3-6H,7-11H2,1-2H3,(H,17,18). The van der Waals surface area contributed by atoms with Gasteiger partial charge in [0.15, 0.2) is 0 Å². The molecule has 1 aromatic rings. The first-order chi connectivity index (χ1) is 9.14. The molecule has 19 heavy (non-hydrogen) atoms. The molecule has 0 aromatic heterocycles. The van der Waals surface area contributed by atoms with Gasteiger partial charge >= 0.3 is 0 Å². The average molecular weight is 259 g/mol. The van der Waals surface area contributed by atoms with Gasteiger partial charge in [0.05, 0.1) is 12.5 Å². The Morgan fingerprint density at radius 1 is 1.16 bits per heavy atom. The van der Waals surface area contributed by atoms with Gasteiger partial charge in [0.2, 0.25) is 5.91 Å². The SMILES string of the molecule is CNC(=O)C12CCC(c3ccc(OC)cc3)(CC1)C2. The summed E-state index contributed by atoms with van der Waals surface area (Å²) in [5.41, 5.74) is 1.49. The van der Waals surface area contributed by atoms with Crippen LogP contribution in [-0.4, -0.2) is 20.1 Å². The Balaban J connectivity index is 1.88. The average Bonchev–Trinajstić information content (AvgIpc) is 3.05. The van der Waals surface area contributed by atoms with E-state index in [1.54, 1.807) is 14.2 Å². The summed E-state index contributed by atoms with van der Waals surface area (Å²) in [6.07, 6.45) is 5.32. The topological polar surface area (TPSA) is 38.3 Å². The first-order valence-electron chi connectivity index (χ1n) is 7.01. The van der Waals surface area contributed by atoms with Crippen LogP contribution in [0.4, 0.5) is 0 Å². The van der Waals surface area contributed by atoms with Crippen molar-refractivity contribution in [3.05, 3.63) is 29.8 Å². The van der Waals surface area contributed by atoms with Crippen molar-refractivity contribution >= 4 is 5.91 Å². The van der Waals surface area contributed by atoms with Crippen LogP contribution in [0.1, 0.15) is 37.7 Å². The van der Waals surface area contributed by atoms with E-state index in [2.05, 4.69) is 17.4 Å². The second-order valence-corrected chi connectivity index (χ2v) is 6.05. The van der Waals surface area contributed by atoms with E-state index in [1.807, 2.05) is 12.1 Å². The van der Waals surface area contributed by atoms with Gasteiger partial charge in [0.1, 0.15) is 5.75 Å². The van der Waals surface area contributed by atoms with Crippen LogP contribution in [0.25, 0.3) is 0 Å². The van der Waals surface area contributed by atoms with E-state index < -0.39 is 0 Å². The van der Waals surface area contributed by atoms with Crippen LogP contribution in [0.3, 0.4) is 0 Å². The van der Waals surface area contributed by atoms with Crippen molar-refractivity contribution in [2.75, 3.05) is 14.2 Å². The molecule has 0 radical (unpaired) electrons. The van der Waals surface area contributed by atoms with E-state index in [9.17, 15) is 4.79 Å². The van der Waals surface area contributed by atoms with Gasteiger partial charge in [-0.3, -0.25) is 4.79 Å². The Labute approximate surface area is 114 Å². The number of fused-ring (bicyclic) bond motifs is 2. The lowest BCUT2D eigenvalue weighted by atomic mass is 9.77. The predicted molar refractivity (Wildman–Crippen MR) is 74.3 cm³/mol. The van der Waals surface area contributed by atoms with Gasteiger partial charge in [0.25, 0.3) is 0 Å². The number of benzene rings is 1. The highest BCUT2D eigenvalue weighted by Crippen LogP contribution is 2.62. The molecule has 2 aliphatic rings. The fraction of sp³-hybridized carbons (Fsp3) is 0.562. The maximum absolute atomic E-state index is 12.1. The van der Waals surface area contributed by atoms with Gasteiger partial charge in [-0.15, -0.1) is 0 Å². The number of ether oxygens (including phenoxy) is 1. The number of methoxy groups -OCH3 is 1. The van der Waals surface area contributed by atoms with E-state index in [0.717, 1.165) is 37.9 Å². The number of nitrogens with one attached hydrogen (secondary N) is 1. The molecule has 1 amide bonds. The largest absolute Gasteiger partial charge is 0.497 e. The van der Waals surface area contributed by atoms with Gasteiger partial charge in [0, 0.05) is 7.05 Å². The van der Waals surface area contributed by atoms with Gasteiger partial charge in [-0.05, 0) is 55.2 Å². The molecule has 1 N–H and O–H groups in total. The minimum absolute atomic E-state index is 0.103. The molecule has 2 saturated carbocycles. The summed E-state index contributed by atoms with van der Waals surface area (Å²) in [5.74, 6) is 1.13. The Kier molecular flexibility index (Phi) is 2.80. The second kappa shape index (κ2) is 4.26. The van der Waals surface area contributed by atoms with E-state index in [0.29, 0.717) is 0 Å². The summed E-state index contributed by atoms with van der Waals surface area (Å²) in [5, 5.41) is 2.85. The number of hydrogen-bond donors (Lipinski definition) is 1. The zero-order valence-electron chi connectivity index (χ0n) is 11.7. The molecular weight excluding hydrogens is 238 g/mol. The molecule has 0 heterocycles. The third-order valence-corrected chi connectivity index (χ3v) is 5.25. The molecule has 3 heteroatoms. The molecule has 2 bridgehead atoms. The quantitative estimate of drug-likeness (QED) is 0.906. The van der Waals surface area contributed by atoms with Crippen molar-refractivity contribution in [3.8, 4) is 5.75 Å². The third-order valence-electron chi connectivity index (χ3n) is 5.25. The summed E-state index contributed by atoms with van der Waals surface area (Å²) in [6, 6.07) is 8.40. The minimum atomic E-state index is -0.103. The molecule has 3 nitrogen and oxygen atoms in total. The molecule has 0 aliphatic heterocycles. The monoisotopic (exact) mass is 259 g/mol. The second-order valence-electron chi connectivity index (χ2n) is 6.05. The van der Waals surface area contributed by atoms with Crippen molar-refractivity contribution in [1.29, 1.82) is 0 Å². The van der Waals surface area contributed by atoms with Crippen molar-refractivity contribution in [2.24, 2.45) is 5.41 Å². The minimum Gasteiger partial charge on any atom is -0.497 e. The van der Waals surface area contributed by atoms with Crippen molar-refractivity contribution < 1.29 is 9.53 Å². The van der Waals surface area contributed by atoms with Crippen LogP contribution in [0.15, 0.2) is 24.3 Å². The molecule has 3 rings (SSSR count). The summed E-state index contributed by atoms with van der Waals surface area (Å²) in [6.45, 7) is 0. The van der Waals surface area contributed by atoms with Crippen LogP contribution in [0.2, 0.25) is 0 Å². The maximum Gasteiger partial charge on any atom is 0.225 e. The molecule has 0 spiro atoms. The van der Waals surface area contributed by atoms with Crippen molar-refractivity contribution in [1.82, 2.24) is 5.32 Å². The normalized spacial score (nSPS) is 32.3. The Hall–Kier alpha value is -1.51. The van der Waals surface area contributed by atoms with Crippen molar-refractivity contribution in [2.45, 2.75) is 37.5 Å². The number of carbonyl (C=O) groups excluding carboxylic acids is 1. The summed E-state index contributed by atoms with van der Waals surface area (Å²) < 4.78 is 5.22. The molecule has 0 atom stereocenters. The number of carbonyl (C=O) groups is 1. The Morgan fingerprint density at radius 3 is 2.32 bits per heavy atom. The lowest BCUT2D eigenvalue weighted by Gasteiger charge is -2.27. The summed E-state index contributed by atoms with van der Waals surface area (Å²) in [7, 11) is 3.44. The molecule has 102 valence electrons. The highest BCUT2D eigenvalue weighted by atomic mass is 16.5. The van der Waals surface area contributed by atoms with Crippen LogP contribution in [0, 0.1) is 5.41 Å². The first kappa shape index (κ1) is 12.5. The Bertz CT molecular complexity index is 484. The van der Waals surface area contributed by atoms with Gasteiger partial charge in [-0.2, -0.15) is 0 Å². The van der Waals surface area contributed by atoms with E-state index in [4.69, 9.17) is 4.74 Å². The lowest BCUT2D eigenvalue weighted by Crippen LogP contribution is -2.35. The molecule has 1 aromatic carbocycles. The molecule has 0 unspecified atom stereocenters. The number of rotatable bonds is 3. The lowest BCUT2D eigenvalue weighted by molar-refractivity contribution is -0.130. The number of hydrogen-bond acceptors (Lipinski definition) is 2. The molecule has 2 aliphatic carbocycles. The third kappa shape index (κ3) is 1.75.